The quantitative estimate of drug-likeness (QED) is 0.397. The first-order valence-electron chi connectivity index (χ1n) is 5.79. The van der Waals surface area contributed by atoms with Crippen molar-refractivity contribution in [3.63, 3.8) is 0 Å². The molecule has 0 saturated carbocycles. The summed E-state index contributed by atoms with van der Waals surface area (Å²) in [6, 6.07) is 0.167. The van der Waals surface area contributed by atoms with Crippen molar-refractivity contribution in [3.8, 4) is 0 Å². The van der Waals surface area contributed by atoms with Crippen LogP contribution in [0.2, 0.25) is 0 Å². The highest BCUT2D eigenvalue weighted by Crippen LogP contribution is 2.16. The van der Waals surface area contributed by atoms with E-state index in [4.69, 9.17) is 10.6 Å². The third-order valence-electron chi connectivity index (χ3n) is 2.55. The van der Waals surface area contributed by atoms with Gasteiger partial charge < -0.3 is 4.74 Å². The van der Waals surface area contributed by atoms with Crippen molar-refractivity contribution >= 4 is 0 Å². The molecule has 0 radical (unpaired) electrons. The van der Waals surface area contributed by atoms with E-state index in [1.807, 2.05) is 10.9 Å². The molecular weight excluding hydrogens is 204 g/mol. The van der Waals surface area contributed by atoms with Crippen molar-refractivity contribution < 1.29 is 4.74 Å². The van der Waals surface area contributed by atoms with Gasteiger partial charge in [0.25, 0.3) is 0 Å². The lowest BCUT2D eigenvalue weighted by molar-refractivity contribution is 0.189. The second-order valence-corrected chi connectivity index (χ2v) is 3.89. The van der Waals surface area contributed by atoms with E-state index < -0.39 is 0 Å². The average molecular weight is 226 g/mol. The van der Waals surface area contributed by atoms with Crippen molar-refractivity contribution in [2.75, 3.05) is 13.7 Å². The number of methoxy groups -OCH3 is 1. The van der Waals surface area contributed by atoms with Gasteiger partial charge in [-0.1, -0.05) is 6.92 Å². The van der Waals surface area contributed by atoms with Crippen LogP contribution in [0.3, 0.4) is 0 Å². The zero-order valence-corrected chi connectivity index (χ0v) is 10.1. The molecule has 0 aromatic carbocycles. The summed E-state index contributed by atoms with van der Waals surface area (Å²) in [4.78, 5) is 0. The van der Waals surface area contributed by atoms with E-state index in [1.165, 1.54) is 0 Å². The van der Waals surface area contributed by atoms with Gasteiger partial charge in [0, 0.05) is 38.1 Å². The van der Waals surface area contributed by atoms with Crippen molar-refractivity contribution in [1.82, 2.24) is 15.2 Å². The normalized spacial score (nSPS) is 12.9. The molecule has 1 unspecified atom stereocenters. The number of nitrogens with one attached hydrogen (secondary N) is 1. The lowest BCUT2D eigenvalue weighted by atomic mass is 10.1. The van der Waals surface area contributed by atoms with Crippen LogP contribution in [0.15, 0.2) is 12.4 Å². The van der Waals surface area contributed by atoms with Gasteiger partial charge in [-0.15, -0.1) is 0 Å². The first-order chi connectivity index (χ1) is 7.81. The Morgan fingerprint density at radius 1 is 1.62 bits per heavy atom. The molecule has 1 aromatic heterocycles. The van der Waals surface area contributed by atoms with E-state index in [9.17, 15) is 0 Å². The molecule has 1 heterocycles. The molecule has 0 aliphatic heterocycles. The Morgan fingerprint density at radius 3 is 3.06 bits per heavy atom. The topological polar surface area (TPSA) is 65.1 Å². The van der Waals surface area contributed by atoms with E-state index in [0.29, 0.717) is 0 Å². The maximum atomic E-state index is 5.54. The number of nitrogens with zero attached hydrogens (tertiary/aromatic N) is 2. The molecule has 5 nitrogen and oxygen atoms in total. The second-order valence-electron chi connectivity index (χ2n) is 3.89. The fraction of sp³-hybridized carbons (Fsp3) is 0.727. The molecule has 1 rings (SSSR count). The molecule has 3 N–H and O–H groups in total. The Morgan fingerprint density at radius 2 is 2.44 bits per heavy atom. The van der Waals surface area contributed by atoms with E-state index in [0.717, 1.165) is 38.0 Å². The standard InChI is InChI=1S/C11H22N4O/c1-3-6-15-9-10(8-13-15)11(14-12)5-4-7-16-2/h8-9,11,14H,3-7,12H2,1-2H3. The maximum absolute atomic E-state index is 5.54. The Balaban J connectivity index is 2.49. The molecule has 1 aromatic rings. The van der Waals surface area contributed by atoms with E-state index in [1.54, 1.807) is 7.11 Å². The van der Waals surface area contributed by atoms with Crippen LogP contribution >= 0.6 is 0 Å². The Kier molecular flexibility index (Phi) is 6.07. The monoisotopic (exact) mass is 226 g/mol. The number of aryl methyl sites for hydroxylation is 1. The molecule has 0 bridgehead atoms. The van der Waals surface area contributed by atoms with Crippen LogP contribution in [0.1, 0.15) is 37.8 Å². The molecule has 0 aliphatic carbocycles. The van der Waals surface area contributed by atoms with Gasteiger partial charge in [-0.05, 0) is 19.3 Å². The Hall–Kier alpha value is -0.910. The summed E-state index contributed by atoms with van der Waals surface area (Å²) < 4.78 is 6.98. The fourth-order valence-electron chi connectivity index (χ4n) is 1.69. The lowest BCUT2D eigenvalue weighted by Crippen LogP contribution is -2.28. The highest BCUT2D eigenvalue weighted by molar-refractivity contribution is 5.09. The number of rotatable bonds is 8. The van der Waals surface area contributed by atoms with Crippen LogP contribution in [0, 0.1) is 0 Å². The summed E-state index contributed by atoms with van der Waals surface area (Å²) in [5, 5.41) is 4.29. The van der Waals surface area contributed by atoms with Crippen molar-refractivity contribution in [1.29, 1.82) is 0 Å². The average Bonchev–Trinajstić information content (AvgIpc) is 2.74. The van der Waals surface area contributed by atoms with Gasteiger partial charge in [0.05, 0.1) is 6.20 Å². The third-order valence-corrected chi connectivity index (χ3v) is 2.55. The summed E-state index contributed by atoms with van der Waals surface area (Å²) in [6.45, 7) is 3.86. The SMILES string of the molecule is CCCn1cc(C(CCCOC)NN)cn1. The van der Waals surface area contributed by atoms with Crippen LogP contribution in [0.4, 0.5) is 0 Å². The third kappa shape index (κ3) is 3.92. The molecule has 0 fully saturated rings. The zero-order chi connectivity index (χ0) is 11.8. The van der Waals surface area contributed by atoms with Crippen LogP contribution in [-0.4, -0.2) is 23.5 Å². The maximum Gasteiger partial charge on any atom is 0.0538 e. The minimum absolute atomic E-state index is 0.167. The first-order valence-corrected chi connectivity index (χ1v) is 5.79. The van der Waals surface area contributed by atoms with Gasteiger partial charge in [0.15, 0.2) is 0 Å². The molecular formula is C11H22N4O. The molecule has 5 heteroatoms. The summed E-state index contributed by atoms with van der Waals surface area (Å²) in [6.07, 6.45) is 6.98. The van der Waals surface area contributed by atoms with Gasteiger partial charge in [-0.25, -0.2) is 0 Å². The van der Waals surface area contributed by atoms with Crippen LogP contribution in [0.5, 0.6) is 0 Å². The molecule has 0 saturated heterocycles. The van der Waals surface area contributed by atoms with Crippen molar-refractivity contribution in [3.05, 3.63) is 18.0 Å². The number of nitrogens with two attached hydrogens (primary N) is 1. The lowest BCUT2D eigenvalue weighted by Gasteiger charge is -2.13. The van der Waals surface area contributed by atoms with Crippen LogP contribution in [-0.2, 0) is 11.3 Å². The highest BCUT2D eigenvalue weighted by Gasteiger charge is 2.11. The van der Waals surface area contributed by atoms with Crippen molar-refractivity contribution in [2.45, 2.75) is 38.8 Å². The number of hydrogen-bond donors (Lipinski definition) is 2. The minimum atomic E-state index is 0.167. The largest absolute Gasteiger partial charge is 0.385 e. The van der Waals surface area contributed by atoms with Gasteiger partial charge in [0.1, 0.15) is 0 Å². The van der Waals surface area contributed by atoms with Gasteiger partial charge in [-0.2, -0.15) is 5.10 Å². The second kappa shape index (κ2) is 7.38. The minimum Gasteiger partial charge on any atom is -0.385 e. The number of ether oxygens (including phenoxy) is 1. The zero-order valence-electron chi connectivity index (χ0n) is 10.1. The molecule has 0 spiro atoms. The van der Waals surface area contributed by atoms with Crippen LogP contribution < -0.4 is 11.3 Å². The number of hydrazine groups is 1. The van der Waals surface area contributed by atoms with Crippen molar-refractivity contribution in [2.24, 2.45) is 5.84 Å². The predicted octanol–water partition coefficient (Wildman–Crippen LogP) is 1.22. The summed E-state index contributed by atoms with van der Waals surface area (Å²) >= 11 is 0. The Bertz CT molecular complexity index is 287. The first kappa shape index (κ1) is 13.2. The van der Waals surface area contributed by atoms with Gasteiger partial charge in [0.2, 0.25) is 0 Å². The van der Waals surface area contributed by atoms with E-state index >= 15 is 0 Å². The Labute approximate surface area is 96.9 Å². The van der Waals surface area contributed by atoms with Gasteiger partial charge >= 0.3 is 0 Å². The smallest absolute Gasteiger partial charge is 0.0538 e. The number of aromatic nitrogens is 2. The summed E-state index contributed by atoms with van der Waals surface area (Å²) in [7, 11) is 1.71. The van der Waals surface area contributed by atoms with E-state index in [2.05, 4.69) is 23.6 Å². The molecule has 16 heavy (non-hydrogen) atoms. The van der Waals surface area contributed by atoms with Gasteiger partial charge in [-0.3, -0.25) is 16.0 Å². The number of hydrogen-bond acceptors (Lipinski definition) is 4. The highest BCUT2D eigenvalue weighted by atomic mass is 16.5. The van der Waals surface area contributed by atoms with E-state index in [-0.39, 0.29) is 6.04 Å². The fourth-order valence-corrected chi connectivity index (χ4v) is 1.69. The van der Waals surface area contributed by atoms with Crippen LogP contribution in [0.25, 0.3) is 0 Å². The molecule has 0 amide bonds. The molecule has 92 valence electrons. The summed E-state index contributed by atoms with van der Waals surface area (Å²) in [5.74, 6) is 5.54. The summed E-state index contributed by atoms with van der Waals surface area (Å²) in [5.41, 5.74) is 3.97. The molecule has 1 atom stereocenters. The molecule has 0 aliphatic rings. The predicted molar refractivity (Wildman–Crippen MR) is 63.7 cm³/mol.